The Hall–Kier alpha value is -1.84. The predicted octanol–water partition coefficient (Wildman–Crippen LogP) is 1.19. The molecule has 1 aliphatic heterocycles. The van der Waals surface area contributed by atoms with Crippen molar-refractivity contribution in [3.8, 4) is 11.8 Å². The Morgan fingerprint density at radius 3 is 2.62 bits per heavy atom. The standard InChI is InChI=1S/C15H20O6/c1-4-5-6-9-18-15-8-7-13(20-12(3)17)14(21-15)10-19-11(2)16/h7-8,13-15H,6,9-10H2,1-3H3/t13-,14+,15-/m0/s1. The van der Waals surface area contributed by atoms with Crippen molar-refractivity contribution >= 4 is 11.9 Å². The van der Waals surface area contributed by atoms with Crippen LogP contribution in [0.5, 0.6) is 0 Å². The Bertz CT molecular complexity index is 445. The summed E-state index contributed by atoms with van der Waals surface area (Å²) in [4.78, 5) is 21.9. The summed E-state index contributed by atoms with van der Waals surface area (Å²) in [6.07, 6.45) is 2.18. The molecule has 6 nitrogen and oxygen atoms in total. The molecule has 0 aromatic carbocycles. The van der Waals surface area contributed by atoms with Crippen LogP contribution >= 0.6 is 0 Å². The first-order valence-corrected chi connectivity index (χ1v) is 6.68. The molecule has 0 unspecified atom stereocenters. The summed E-state index contributed by atoms with van der Waals surface area (Å²) in [5.74, 6) is 4.80. The van der Waals surface area contributed by atoms with Crippen molar-refractivity contribution < 1.29 is 28.5 Å². The second-order valence-corrected chi connectivity index (χ2v) is 4.35. The van der Waals surface area contributed by atoms with E-state index in [4.69, 9.17) is 18.9 Å². The average Bonchev–Trinajstić information content (AvgIpc) is 2.42. The van der Waals surface area contributed by atoms with Crippen molar-refractivity contribution in [2.24, 2.45) is 0 Å². The van der Waals surface area contributed by atoms with Gasteiger partial charge in [0.05, 0.1) is 6.61 Å². The normalized spacial score (nSPS) is 23.9. The zero-order valence-electron chi connectivity index (χ0n) is 12.5. The van der Waals surface area contributed by atoms with Gasteiger partial charge < -0.3 is 18.9 Å². The van der Waals surface area contributed by atoms with Crippen LogP contribution in [0.25, 0.3) is 0 Å². The molecule has 0 amide bonds. The first-order chi connectivity index (χ1) is 10.0. The van der Waals surface area contributed by atoms with E-state index in [-0.39, 0.29) is 6.61 Å². The van der Waals surface area contributed by atoms with Gasteiger partial charge in [0.25, 0.3) is 0 Å². The molecule has 0 aromatic heterocycles. The van der Waals surface area contributed by atoms with Gasteiger partial charge in [-0.1, -0.05) is 0 Å². The van der Waals surface area contributed by atoms with Crippen LogP contribution in [0.3, 0.4) is 0 Å². The van der Waals surface area contributed by atoms with Gasteiger partial charge in [0.1, 0.15) is 18.8 Å². The lowest BCUT2D eigenvalue weighted by Crippen LogP contribution is -2.42. The van der Waals surface area contributed by atoms with E-state index in [2.05, 4.69) is 11.8 Å². The molecular formula is C15H20O6. The fourth-order valence-corrected chi connectivity index (χ4v) is 1.71. The van der Waals surface area contributed by atoms with E-state index in [0.29, 0.717) is 13.0 Å². The van der Waals surface area contributed by atoms with Crippen molar-refractivity contribution in [1.82, 2.24) is 0 Å². The second-order valence-electron chi connectivity index (χ2n) is 4.35. The van der Waals surface area contributed by atoms with Crippen molar-refractivity contribution in [3.63, 3.8) is 0 Å². The first-order valence-electron chi connectivity index (χ1n) is 6.68. The third-order valence-corrected chi connectivity index (χ3v) is 2.57. The van der Waals surface area contributed by atoms with Crippen LogP contribution < -0.4 is 0 Å². The van der Waals surface area contributed by atoms with Gasteiger partial charge in [-0.25, -0.2) is 0 Å². The van der Waals surface area contributed by atoms with E-state index in [0.717, 1.165) is 0 Å². The van der Waals surface area contributed by atoms with E-state index >= 15 is 0 Å². The van der Waals surface area contributed by atoms with Gasteiger partial charge in [0.15, 0.2) is 6.29 Å². The van der Waals surface area contributed by atoms with Crippen molar-refractivity contribution in [1.29, 1.82) is 0 Å². The first kappa shape index (κ1) is 17.2. The molecular weight excluding hydrogens is 276 g/mol. The van der Waals surface area contributed by atoms with Gasteiger partial charge in [-0.15, -0.1) is 11.8 Å². The van der Waals surface area contributed by atoms with Gasteiger partial charge in [0.2, 0.25) is 0 Å². The molecule has 1 aliphatic rings. The number of esters is 2. The third kappa shape index (κ3) is 6.93. The minimum absolute atomic E-state index is 0.00769. The lowest BCUT2D eigenvalue weighted by molar-refractivity contribution is -0.196. The van der Waals surface area contributed by atoms with E-state index in [1.54, 1.807) is 19.1 Å². The highest BCUT2D eigenvalue weighted by Gasteiger charge is 2.30. The Kier molecular flexibility index (Phi) is 7.51. The largest absolute Gasteiger partial charge is 0.463 e. The van der Waals surface area contributed by atoms with Crippen LogP contribution in [-0.2, 0) is 28.5 Å². The SMILES string of the molecule is CC#CCCO[C@@H]1C=C[C@H](OC(C)=O)[C@@H](COC(C)=O)O1. The maximum Gasteiger partial charge on any atom is 0.303 e. The molecule has 116 valence electrons. The van der Waals surface area contributed by atoms with E-state index in [1.165, 1.54) is 13.8 Å². The summed E-state index contributed by atoms with van der Waals surface area (Å²) < 4.78 is 21.1. The van der Waals surface area contributed by atoms with Gasteiger partial charge in [0, 0.05) is 20.3 Å². The second kappa shape index (κ2) is 9.16. The van der Waals surface area contributed by atoms with Gasteiger partial charge >= 0.3 is 11.9 Å². The molecule has 0 aromatic rings. The number of hydrogen-bond acceptors (Lipinski definition) is 6. The summed E-state index contributed by atoms with van der Waals surface area (Å²) in [5.41, 5.74) is 0. The molecule has 0 spiro atoms. The van der Waals surface area contributed by atoms with E-state index < -0.39 is 30.4 Å². The lowest BCUT2D eigenvalue weighted by Gasteiger charge is -2.31. The smallest absolute Gasteiger partial charge is 0.303 e. The fraction of sp³-hybridized carbons (Fsp3) is 0.600. The molecule has 3 atom stereocenters. The Labute approximate surface area is 124 Å². The summed E-state index contributed by atoms with van der Waals surface area (Å²) >= 11 is 0. The topological polar surface area (TPSA) is 71.1 Å². The minimum Gasteiger partial charge on any atom is -0.463 e. The number of carbonyl (C=O) groups is 2. The lowest BCUT2D eigenvalue weighted by atomic mass is 10.1. The van der Waals surface area contributed by atoms with Crippen LogP contribution in [0.4, 0.5) is 0 Å². The van der Waals surface area contributed by atoms with Crippen LogP contribution in [0.1, 0.15) is 27.2 Å². The molecule has 0 N–H and O–H groups in total. The molecule has 1 rings (SSSR count). The van der Waals surface area contributed by atoms with Gasteiger partial charge in [-0.3, -0.25) is 9.59 Å². The molecule has 1 heterocycles. The summed E-state index contributed by atoms with van der Waals surface area (Å²) in [6, 6.07) is 0. The predicted molar refractivity (Wildman–Crippen MR) is 74.0 cm³/mol. The maximum atomic E-state index is 11.1. The maximum absolute atomic E-state index is 11.1. The Morgan fingerprint density at radius 1 is 1.24 bits per heavy atom. The number of rotatable bonds is 6. The van der Waals surface area contributed by atoms with Crippen LogP contribution in [-0.4, -0.2) is 43.7 Å². The van der Waals surface area contributed by atoms with Crippen LogP contribution in [0.15, 0.2) is 12.2 Å². The minimum atomic E-state index is -0.600. The fourth-order valence-electron chi connectivity index (χ4n) is 1.71. The van der Waals surface area contributed by atoms with Crippen LogP contribution in [0.2, 0.25) is 0 Å². The summed E-state index contributed by atoms with van der Waals surface area (Å²) in [5, 5.41) is 0. The average molecular weight is 296 g/mol. The number of hydrogen-bond donors (Lipinski definition) is 0. The molecule has 0 radical (unpaired) electrons. The molecule has 0 fully saturated rings. The molecule has 0 saturated carbocycles. The monoisotopic (exact) mass is 296 g/mol. The quantitative estimate of drug-likeness (QED) is 0.317. The molecule has 0 aliphatic carbocycles. The van der Waals surface area contributed by atoms with Gasteiger partial charge in [-0.05, 0) is 19.1 Å². The highest BCUT2D eigenvalue weighted by Crippen LogP contribution is 2.18. The van der Waals surface area contributed by atoms with Crippen LogP contribution in [0, 0.1) is 11.8 Å². The third-order valence-electron chi connectivity index (χ3n) is 2.57. The Balaban J connectivity index is 2.56. The van der Waals surface area contributed by atoms with Gasteiger partial charge in [-0.2, -0.15) is 0 Å². The van der Waals surface area contributed by atoms with Crippen molar-refractivity contribution in [2.75, 3.05) is 13.2 Å². The highest BCUT2D eigenvalue weighted by atomic mass is 16.7. The summed E-state index contributed by atoms with van der Waals surface area (Å²) in [7, 11) is 0. The van der Waals surface area contributed by atoms with Crippen molar-refractivity contribution in [3.05, 3.63) is 12.2 Å². The zero-order chi connectivity index (χ0) is 15.7. The molecule has 21 heavy (non-hydrogen) atoms. The molecule has 0 saturated heterocycles. The number of ether oxygens (including phenoxy) is 4. The van der Waals surface area contributed by atoms with E-state index in [1.807, 2.05) is 0 Å². The van der Waals surface area contributed by atoms with E-state index in [9.17, 15) is 9.59 Å². The zero-order valence-corrected chi connectivity index (χ0v) is 12.5. The van der Waals surface area contributed by atoms with Crippen molar-refractivity contribution in [2.45, 2.75) is 45.7 Å². The Morgan fingerprint density at radius 2 is 2.00 bits per heavy atom. The number of carbonyl (C=O) groups excluding carboxylic acids is 2. The highest BCUT2D eigenvalue weighted by molar-refractivity contribution is 5.66. The summed E-state index contributed by atoms with van der Waals surface area (Å²) in [6.45, 7) is 4.79. The molecule has 0 bridgehead atoms. The molecule has 6 heteroatoms.